The van der Waals surface area contributed by atoms with Gasteiger partial charge in [0.1, 0.15) is 17.3 Å². The lowest BCUT2D eigenvalue weighted by molar-refractivity contribution is 0.297. The van der Waals surface area contributed by atoms with Crippen LogP contribution in [0.5, 0.6) is 11.5 Å². The maximum absolute atomic E-state index is 13.2. The monoisotopic (exact) mass is 289 g/mol. The average molecular weight is 289 g/mol. The van der Waals surface area contributed by atoms with Gasteiger partial charge >= 0.3 is 0 Å². The number of methoxy groups -OCH3 is 1. The third-order valence-electron chi connectivity index (χ3n) is 3.40. The van der Waals surface area contributed by atoms with Gasteiger partial charge in [-0.2, -0.15) is 0 Å². The van der Waals surface area contributed by atoms with Crippen LogP contribution in [0.3, 0.4) is 0 Å². The lowest BCUT2D eigenvalue weighted by atomic mass is 9.96. The molecule has 2 N–H and O–H groups in total. The Labute approximate surface area is 124 Å². The lowest BCUT2D eigenvalue weighted by Gasteiger charge is -2.16. The summed E-state index contributed by atoms with van der Waals surface area (Å²) >= 11 is 0. The van der Waals surface area contributed by atoms with Crippen LogP contribution in [0, 0.1) is 5.82 Å². The molecule has 0 aliphatic carbocycles. The fourth-order valence-electron chi connectivity index (χ4n) is 2.17. The highest BCUT2D eigenvalue weighted by atomic mass is 19.1. The van der Waals surface area contributed by atoms with Gasteiger partial charge in [-0.3, -0.25) is 0 Å². The second kappa shape index (κ2) is 7.64. The topological polar surface area (TPSA) is 44.5 Å². The molecule has 1 unspecified atom stereocenters. The molecule has 0 fully saturated rings. The molecule has 0 aliphatic heterocycles. The average Bonchev–Trinajstić information content (AvgIpc) is 2.52. The number of benzene rings is 2. The van der Waals surface area contributed by atoms with Gasteiger partial charge in [0.15, 0.2) is 0 Å². The first-order chi connectivity index (χ1) is 10.2. The van der Waals surface area contributed by atoms with Crippen LogP contribution in [-0.4, -0.2) is 20.3 Å². The summed E-state index contributed by atoms with van der Waals surface area (Å²) < 4.78 is 24.0. The van der Waals surface area contributed by atoms with Gasteiger partial charge in [-0.1, -0.05) is 12.1 Å². The van der Waals surface area contributed by atoms with Crippen LogP contribution in [0.25, 0.3) is 0 Å². The molecule has 2 rings (SSSR count). The van der Waals surface area contributed by atoms with Crippen LogP contribution in [0.1, 0.15) is 17.9 Å². The molecule has 0 aromatic heterocycles. The summed E-state index contributed by atoms with van der Waals surface area (Å²) in [7, 11) is 1.63. The number of hydrogen-bond donors (Lipinski definition) is 1. The van der Waals surface area contributed by atoms with E-state index in [1.807, 2.05) is 30.3 Å². The van der Waals surface area contributed by atoms with Crippen molar-refractivity contribution in [2.45, 2.75) is 12.3 Å². The molecule has 0 heterocycles. The minimum absolute atomic E-state index is 0.0962. The summed E-state index contributed by atoms with van der Waals surface area (Å²) in [5.74, 6) is 1.44. The fourth-order valence-corrected chi connectivity index (χ4v) is 2.17. The lowest BCUT2D eigenvalue weighted by Crippen LogP contribution is -2.15. The normalized spacial score (nSPS) is 12.0. The molecule has 0 radical (unpaired) electrons. The molecule has 0 bridgehead atoms. The van der Waals surface area contributed by atoms with Crippen molar-refractivity contribution in [2.24, 2.45) is 5.73 Å². The summed E-state index contributed by atoms with van der Waals surface area (Å²) in [6.07, 6.45) is 0.742. The van der Waals surface area contributed by atoms with Crippen LogP contribution in [-0.2, 0) is 0 Å². The van der Waals surface area contributed by atoms with E-state index in [1.54, 1.807) is 13.2 Å². The number of hydrogen-bond acceptors (Lipinski definition) is 3. The standard InChI is InChI=1S/C17H20FNO2/c1-20-16-5-7-17(8-6-16)21-10-9-14(12-19)13-3-2-4-15(18)11-13/h2-8,11,14H,9-10,12,19H2,1H3. The number of halogens is 1. The van der Waals surface area contributed by atoms with Gasteiger partial charge < -0.3 is 15.2 Å². The zero-order valence-corrected chi connectivity index (χ0v) is 12.1. The maximum atomic E-state index is 13.2. The van der Waals surface area contributed by atoms with Gasteiger partial charge in [0.2, 0.25) is 0 Å². The molecule has 2 aromatic rings. The van der Waals surface area contributed by atoms with Crippen molar-refractivity contribution in [2.75, 3.05) is 20.3 Å². The fraction of sp³-hybridized carbons (Fsp3) is 0.294. The van der Waals surface area contributed by atoms with Crippen LogP contribution in [0.2, 0.25) is 0 Å². The quantitative estimate of drug-likeness (QED) is 0.850. The van der Waals surface area contributed by atoms with E-state index >= 15 is 0 Å². The SMILES string of the molecule is COc1ccc(OCCC(CN)c2cccc(F)c2)cc1. The Balaban J connectivity index is 1.88. The predicted molar refractivity (Wildman–Crippen MR) is 81.3 cm³/mol. The van der Waals surface area contributed by atoms with Crippen molar-refractivity contribution in [3.05, 3.63) is 59.9 Å². The molecule has 0 spiro atoms. The molecule has 0 amide bonds. The van der Waals surface area contributed by atoms with Crippen molar-refractivity contribution >= 4 is 0 Å². The molecule has 0 saturated carbocycles. The molecule has 3 nitrogen and oxygen atoms in total. The number of ether oxygens (including phenoxy) is 2. The molecular formula is C17H20FNO2. The second-order valence-corrected chi connectivity index (χ2v) is 4.80. The van der Waals surface area contributed by atoms with Crippen LogP contribution in [0.4, 0.5) is 4.39 Å². The van der Waals surface area contributed by atoms with Gasteiger partial charge in [0, 0.05) is 0 Å². The molecule has 4 heteroatoms. The van der Waals surface area contributed by atoms with Crippen molar-refractivity contribution in [1.82, 2.24) is 0 Å². The largest absolute Gasteiger partial charge is 0.497 e. The Kier molecular flexibility index (Phi) is 5.58. The molecule has 0 saturated heterocycles. The van der Waals surface area contributed by atoms with Crippen LogP contribution < -0.4 is 15.2 Å². The predicted octanol–water partition coefficient (Wildman–Crippen LogP) is 3.35. The highest BCUT2D eigenvalue weighted by molar-refractivity contribution is 5.31. The second-order valence-electron chi connectivity index (χ2n) is 4.80. The van der Waals surface area contributed by atoms with Crippen LogP contribution in [0.15, 0.2) is 48.5 Å². The molecular weight excluding hydrogens is 269 g/mol. The highest BCUT2D eigenvalue weighted by Crippen LogP contribution is 2.21. The van der Waals surface area contributed by atoms with Gasteiger partial charge in [-0.05, 0) is 60.8 Å². The molecule has 21 heavy (non-hydrogen) atoms. The molecule has 0 aliphatic rings. The van der Waals surface area contributed by atoms with Gasteiger partial charge in [-0.15, -0.1) is 0 Å². The first-order valence-electron chi connectivity index (χ1n) is 6.95. The van der Waals surface area contributed by atoms with Crippen molar-refractivity contribution in [3.8, 4) is 11.5 Å². The third-order valence-corrected chi connectivity index (χ3v) is 3.40. The van der Waals surface area contributed by atoms with E-state index in [9.17, 15) is 4.39 Å². The first-order valence-corrected chi connectivity index (χ1v) is 6.95. The Hall–Kier alpha value is -2.07. The Morgan fingerprint density at radius 1 is 1.10 bits per heavy atom. The Morgan fingerprint density at radius 2 is 1.81 bits per heavy atom. The van der Waals surface area contributed by atoms with E-state index in [0.717, 1.165) is 23.5 Å². The Bertz CT molecular complexity index is 557. The zero-order chi connectivity index (χ0) is 15.1. The third kappa shape index (κ3) is 4.46. The highest BCUT2D eigenvalue weighted by Gasteiger charge is 2.10. The summed E-state index contributed by atoms with van der Waals surface area (Å²) in [6, 6.07) is 14.0. The minimum atomic E-state index is -0.234. The number of rotatable bonds is 7. The number of nitrogens with two attached hydrogens (primary N) is 1. The van der Waals surface area contributed by atoms with E-state index in [1.165, 1.54) is 12.1 Å². The van der Waals surface area contributed by atoms with Crippen molar-refractivity contribution in [1.29, 1.82) is 0 Å². The summed E-state index contributed by atoms with van der Waals surface area (Å²) in [5, 5.41) is 0. The summed E-state index contributed by atoms with van der Waals surface area (Å²) in [5.41, 5.74) is 6.69. The molecule has 2 aromatic carbocycles. The van der Waals surface area contributed by atoms with Crippen molar-refractivity contribution in [3.63, 3.8) is 0 Å². The maximum Gasteiger partial charge on any atom is 0.123 e. The first kappa shape index (κ1) is 15.3. The van der Waals surface area contributed by atoms with Gasteiger partial charge in [0.25, 0.3) is 0 Å². The summed E-state index contributed by atoms with van der Waals surface area (Å²) in [6.45, 7) is 1.00. The molecule has 112 valence electrons. The zero-order valence-electron chi connectivity index (χ0n) is 12.1. The molecule has 1 atom stereocenters. The van der Waals surface area contributed by atoms with E-state index in [4.69, 9.17) is 15.2 Å². The van der Waals surface area contributed by atoms with Crippen LogP contribution >= 0.6 is 0 Å². The van der Waals surface area contributed by atoms with E-state index in [0.29, 0.717) is 13.2 Å². The van der Waals surface area contributed by atoms with Gasteiger partial charge in [0.05, 0.1) is 13.7 Å². The van der Waals surface area contributed by atoms with E-state index in [-0.39, 0.29) is 11.7 Å². The van der Waals surface area contributed by atoms with Gasteiger partial charge in [-0.25, -0.2) is 4.39 Å². The van der Waals surface area contributed by atoms with Crippen molar-refractivity contribution < 1.29 is 13.9 Å². The van der Waals surface area contributed by atoms with E-state index < -0.39 is 0 Å². The minimum Gasteiger partial charge on any atom is -0.497 e. The Morgan fingerprint density at radius 3 is 2.43 bits per heavy atom. The smallest absolute Gasteiger partial charge is 0.123 e. The van der Waals surface area contributed by atoms with E-state index in [2.05, 4.69) is 0 Å². The summed E-state index contributed by atoms with van der Waals surface area (Å²) in [4.78, 5) is 0.